The predicted molar refractivity (Wildman–Crippen MR) is 67.8 cm³/mol. The predicted octanol–water partition coefficient (Wildman–Crippen LogP) is 3.74. The maximum atomic E-state index is 13.4. The lowest BCUT2D eigenvalue weighted by molar-refractivity contribution is 0.415. The molecule has 0 saturated carbocycles. The Morgan fingerprint density at radius 2 is 1.94 bits per heavy atom. The van der Waals surface area contributed by atoms with E-state index in [1.54, 1.807) is 31.4 Å². The fourth-order valence-electron chi connectivity index (χ4n) is 1.55. The van der Waals surface area contributed by atoms with E-state index in [1.807, 2.05) is 0 Å². The number of hydrogen-bond donors (Lipinski definition) is 1. The number of benzene rings is 2. The first-order valence-corrected chi connectivity index (χ1v) is 5.38. The van der Waals surface area contributed by atoms with E-state index in [2.05, 4.69) is 0 Å². The van der Waals surface area contributed by atoms with Gasteiger partial charge in [-0.1, -0.05) is 17.7 Å². The molecule has 0 bridgehead atoms. The van der Waals surface area contributed by atoms with Gasteiger partial charge < -0.3 is 10.5 Å². The van der Waals surface area contributed by atoms with Crippen LogP contribution in [-0.2, 0) is 0 Å². The van der Waals surface area contributed by atoms with Gasteiger partial charge in [0.25, 0.3) is 0 Å². The van der Waals surface area contributed by atoms with Gasteiger partial charge >= 0.3 is 0 Å². The summed E-state index contributed by atoms with van der Waals surface area (Å²) in [6.07, 6.45) is 0. The highest BCUT2D eigenvalue weighted by molar-refractivity contribution is 6.33. The van der Waals surface area contributed by atoms with E-state index in [4.69, 9.17) is 22.1 Å². The van der Waals surface area contributed by atoms with Crippen molar-refractivity contribution in [1.82, 2.24) is 0 Å². The highest BCUT2D eigenvalue weighted by atomic mass is 35.5. The molecule has 2 aromatic rings. The van der Waals surface area contributed by atoms with Gasteiger partial charge in [-0.15, -0.1) is 0 Å². The Balaban J connectivity index is 2.55. The number of nitrogen functional groups attached to an aromatic ring is 1. The fraction of sp³-hybridized carbons (Fsp3) is 0.0769. The third-order valence-electron chi connectivity index (χ3n) is 2.48. The Morgan fingerprint density at radius 3 is 2.59 bits per heavy atom. The largest absolute Gasteiger partial charge is 0.497 e. The zero-order valence-corrected chi connectivity index (χ0v) is 9.96. The summed E-state index contributed by atoms with van der Waals surface area (Å²) in [6.45, 7) is 0. The molecule has 0 heterocycles. The van der Waals surface area contributed by atoms with E-state index >= 15 is 0 Å². The lowest BCUT2D eigenvalue weighted by atomic mass is 10.0. The molecule has 0 radical (unpaired) electrons. The molecule has 2 aromatic carbocycles. The van der Waals surface area contributed by atoms with Crippen molar-refractivity contribution in [2.45, 2.75) is 0 Å². The van der Waals surface area contributed by atoms with Gasteiger partial charge in [0.2, 0.25) is 0 Å². The van der Waals surface area contributed by atoms with E-state index in [9.17, 15) is 4.39 Å². The van der Waals surface area contributed by atoms with Crippen molar-refractivity contribution < 1.29 is 9.13 Å². The van der Waals surface area contributed by atoms with Gasteiger partial charge in [-0.2, -0.15) is 0 Å². The summed E-state index contributed by atoms with van der Waals surface area (Å²) in [6, 6.07) is 9.81. The monoisotopic (exact) mass is 251 g/mol. The van der Waals surface area contributed by atoms with Crippen LogP contribution in [-0.4, -0.2) is 7.11 Å². The second kappa shape index (κ2) is 4.63. The van der Waals surface area contributed by atoms with Crippen molar-refractivity contribution in [2.75, 3.05) is 12.8 Å². The van der Waals surface area contributed by atoms with E-state index in [1.165, 1.54) is 12.1 Å². The normalized spacial score (nSPS) is 10.3. The van der Waals surface area contributed by atoms with Crippen molar-refractivity contribution in [3.05, 3.63) is 47.2 Å². The zero-order valence-electron chi connectivity index (χ0n) is 9.21. The van der Waals surface area contributed by atoms with Crippen LogP contribution in [0.2, 0.25) is 5.02 Å². The van der Waals surface area contributed by atoms with Crippen LogP contribution in [0, 0.1) is 5.82 Å². The summed E-state index contributed by atoms with van der Waals surface area (Å²) in [5.74, 6) is 0.211. The van der Waals surface area contributed by atoms with Crippen molar-refractivity contribution in [2.24, 2.45) is 0 Å². The minimum absolute atomic E-state index is 0.118. The number of methoxy groups -OCH3 is 1. The first-order chi connectivity index (χ1) is 8.11. The minimum atomic E-state index is -0.457. The molecule has 0 saturated heterocycles. The van der Waals surface area contributed by atoms with Gasteiger partial charge in [0.1, 0.15) is 11.6 Å². The Labute approximate surface area is 104 Å². The lowest BCUT2D eigenvalue weighted by Crippen LogP contribution is -1.91. The fourth-order valence-corrected chi connectivity index (χ4v) is 1.77. The summed E-state index contributed by atoms with van der Waals surface area (Å²) in [7, 11) is 1.57. The lowest BCUT2D eigenvalue weighted by Gasteiger charge is -2.08. The Bertz CT molecular complexity index is 557. The first kappa shape index (κ1) is 11.7. The second-order valence-corrected chi connectivity index (χ2v) is 3.99. The maximum absolute atomic E-state index is 13.4. The minimum Gasteiger partial charge on any atom is -0.497 e. The van der Waals surface area contributed by atoms with Crippen LogP contribution in [0.15, 0.2) is 36.4 Å². The maximum Gasteiger partial charge on any atom is 0.146 e. The average Bonchev–Trinajstić information content (AvgIpc) is 2.33. The van der Waals surface area contributed by atoms with Crippen molar-refractivity contribution in [1.29, 1.82) is 0 Å². The summed E-state index contributed by atoms with van der Waals surface area (Å²) < 4.78 is 18.5. The van der Waals surface area contributed by atoms with Gasteiger partial charge in [0.15, 0.2) is 0 Å². The van der Waals surface area contributed by atoms with Crippen molar-refractivity contribution >= 4 is 17.3 Å². The van der Waals surface area contributed by atoms with Crippen molar-refractivity contribution in [3.63, 3.8) is 0 Å². The van der Waals surface area contributed by atoms with Crippen LogP contribution in [0.3, 0.4) is 0 Å². The van der Waals surface area contributed by atoms with Gasteiger partial charge in [-0.05, 0) is 35.9 Å². The third-order valence-corrected chi connectivity index (χ3v) is 2.81. The molecule has 0 atom stereocenters. The zero-order chi connectivity index (χ0) is 12.4. The van der Waals surface area contributed by atoms with E-state index in [0.29, 0.717) is 21.9 Å². The molecule has 0 aliphatic carbocycles. The van der Waals surface area contributed by atoms with Gasteiger partial charge in [-0.25, -0.2) is 4.39 Å². The Kier molecular flexibility index (Phi) is 3.20. The van der Waals surface area contributed by atoms with E-state index in [-0.39, 0.29) is 5.69 Å². The smallest absolute Gasteiger partial charge is 0.146 e. The van der Waals surface area contributed by atoms with Crippen LogP contribution in [0.4, 0.5) is 10.1 Å². The molecule has 0 fully saturated rings. The number of halogens is 2. The van der Waals surface area contributed by atoms with Crippen LogP contribution in [0.5, 0.6) is 5.75 Å². The van der Waals surface area contributed by atoms with Gasteiger partial charge in [0, 0.05) is 10.6 Å². The highest BCUT2D eigenvalue weighted by Crippen LogP contribution is 2.32. The molecule has 0 aromatic heterocycles. The van der Waals surface area contributed by atoms with Crippen LogP contribution in [0.1, 0.15) is 0 Å². The molecule has 17 heavy (non-hydrogen) atoms. The number of nitrogens with two attached hydrogens (primary N) is 1. The molecule has 88 valence electrons. The molecular formula is C13H11ClFNO. The topological polar surface area (TPSA) is 35.2 Å². The van der Waals surface area contributed by atoms with Crippen LogP contribution >= 0.6 is 11.6 Å². The molecule has 0 aliphatic rings. The Hall–Kier alpha value is -1.74. The summed E-state index contributed by atoms with van der Waals surface area (Å²) in [5.41, 5.74) is 6.93. The molecule has 0 aliphatic heterocycles. The standard InChI is InChI=1S/C13H11ClFNO/c1-17-9-3-4-11(14)10(7-9)8-2-5-13(16)12(15)6-8/h2-7H,16H2,1H3. The first-order valence-electron chi connectivity index (χ1n) is 5.01. The second-order valence-electron chi connectivity index (χ2n) is 3.58. The van der Waals surface area contributed by atoms with E-state index in [0.717, 1.165) is 0 Å². The molecule has 4 heteroatoms. The highest BCUT2D eigenvalue weighted by Gasteiger charge is 2.07. The molecule has 2 rings (SSSR count). The number of hydrogen-bond acceptors (Lipinski definition) is 2. The average molecular weight is 252 g/mol. The van der Waals surface area contributed by atoms with Gasteiger partial charge in [-0.3, -0.25) is 0 Å². The molecule has 2 nitrogen and oxygen atoms in total. The van der Waals surface area contributed by atoms with Crippen LogP contribution in [0.25, 0.3) is 11.1 Å². The Morgan fingerprint density at radius 1 is 1.18 bits per heavy atom. The van der Waals surface area contributed by atoms with Crippen LogP contribution < -0.4 is 10.5 Å². The molecule has 0 amide bonds. The molecule has 0 unspecified atom stereocenters. The number of ether oxygens (including phenoxy) is 1. The summed E-state index contributed by atoms with van der Waals surface area (Å²) in [4.78, 5) is 0. The number of rotatable bonds is 2. The summed E-state index contributed by atoms with van der Waals surface area (Å²) in [5, 5.41) is 0.537. The third kappa shape index (κ3) is 2.34. The number of anilines is 1. The quantitative estimate of drug-likeness (QED) is 0.826. The van der Waals surface area contributed by atoms with Crippen molar-refractivity contribution in [3.8, 4) is 16.9 Å². The molecular weight excluding hydrogens is 241 g/mol. The van der Waals surface area contributed by atoms with E-state index < -0.39 is 5.82 Å². The van der Waals surface area contributed by atoms with Gasteiger partial charge in [0.05, 0.1) is 12.8 Å². The molecule has 2 N–H and O–H groups in total. The summed E-state index contributed by atoms with van der Waals surface area (Å²) >= 11 is 6.07. The molecule has 0 spiro atoms. The SMILES string of the molecule is COc1ccc(Cl)c(-c2ccc(N)c(F)c2)c1.